The zero-order valence-corrected chi connectivity index (χ0v) is 13.9. The van der Waals surface area contributed by atoms with Crippen LogP contribution >= 0.6 is 0 Å². The highest BCUT2D eigenvalue weighted by atomic mass is 15.1. The van der Waals surface area contributed by atoms with Crippen LogP contribution in [0.2, 0.25) is 0 Å². The van der Waals surface area contributed by atoms with E-state index in [0.29, 0.717) is 10.8 Å². The first-order valence-electron chi connectivity index (χ1n) is 8.47. The van der Waals surface area contributed by atoms with Gasteiger partial charge in [-0.05, 0) is 61.9 Å². The molecule has 0 amide bonds. The summed E-state index contributed by atoms with van der Waals surface area (Å²) in [6.07, 6.45) is 9.88. The fourth-order valence-corrected chi connectivity index (χ4v) is 3.82. The molecule has 114 valence electrons. The van der Waals surface area contributed by atoms with Crippen LogP contribution < -0.4 is 0 Å². The van der Waals surface area contributed by atoms with Gasteiger partial charge in [0.1, 0.15) is 0 Å². The van der Waals surface area contributed by atoms with E-state index in [2.05, 4.69) is 62.1 Å². The molecule has 0 saturated carbocycles. The number of hydrogen-bond acceptors (Lipinski definition) is 1. The van der Waals surface area contributed by atoms with Crippen molar-refractivity contribution >= 4 is 6.08 Å². The average Bonchev–Trinajstić information content (AvgIpc) is 2.47. The quantitative estimate of drug-likeness (QED) is 0.748. The molecule has 1 aliphatic carbocycles. The molecule has 1 fully saturated rings. The third-order valence-electron chi connectivity index (χ3n) is 5.33. The van der Waals surface area contributed by atoms with Crippen LogP contribution in [0, 0.1) is 5.41 Å². The molecule has 1 spiro atoms. The predicted molar refractivity (Wildman–Crippen MR) is 91.5 cm³/mol. The van der Waals surface area contributed by atoms with Crippen LogP contribution in [-0.2, 0) is 5.41 Å². The first-order valence-corrected chi connectivity index (χ1v) is 8.47. The van der Waals surface area contributed by atoms with Gasteiger partial charge in [-0.25, -0.2) is 0 Å². The van der Waals surface area contributed by atoms with Crippen LogP contribution in [-0.4, -0.2) is 24.5 Å². The fraction of sp³-hybridized carbons (Fsp3) is 0.600. The van der Waals surface area contributed by atoms with Gasteiger partial charge in [-0.1, -0.05) is 57.2 Å². The molecule has 1 nitrogen and oxygen atoms in total. The lowest BCUT2D eigenvalue weighted by Gasteiger charge is -2.44. The van der Waals surface area contributed by atoms with Crippen molar-refractivity contribution in [1.29, 1.82) is 0 Å². The second kappa shape index (κ2) is 5.61. The molecule has 0 radical (unpaired) electrons. The van der Waals surface area contributed by atoms with E-state index >= 15 is 0 Å². The molecule has 2 aliphatic rings. The highest BCUT2D eigenvalue weighted by Gasteiger charge is 2.37. The lowest BCUT2D eigenvalue weighted by Crippen LogP contribution is -2.44. The van der Waals surface area contributed by atoms with Crippen LogP contribution in [0.5, 0.6) is 0 Å². The minimum absolute atomic E-state index is 0.420. The number of likely N-dealkylation sites (tertiary alicyclic amines) is 1. The zero-order valence-electron chi connectivity index (χ0n) is 13.9. The van der Waals surface area contributed by atoms with E-state index in [1.807, 2.05) is 0 Å². The first kappa shape index (κ1) is 14.8. The van der Waals surface area contributed by atoms with Crippen LogP contribution in [0.1, 0.15) is 57.6 Å². The number of benzene rings is 1. The SMILES string of the molecule is CC(C)(C)CCN1CCC2(CC=Cc3ccccc32)CC1. The Labute approximate surface area is 130 Å². The van der Waals surface area contributed by atoms with E-state index in [0.717, 1.165) is 0 Å². The predicted octanol–water partition coefficient (Wildman–Crippen LogP) is 4.87. The minimum atomic E-state index is 0.420. The maximum Gasteiger partial charge on any atom is 0.00178 e. The lowest BCUT2D eigenvalue weighted by molar-refractivity contribution is 0.143. The summed E-state index contributed by atoms with van der Waals surface area (Å²) in [7, 11) is 0. The number of allylic oxidation sites excluding steroid dienone is 1. The number of hydrogen-bond donors (Lipinski definition) is 0. The van der Waals surface area contributed by atoms with Gasteiger partial charge in [0, 0.05) is 5.41 Å². The molecule has 21 heavy (non-hydrogen) atoms. The minimum Gasteiger partial charge on any atom is -0.303 e. The molecule has 1 aromatic carbocycles. The zero-order chi connectivity index (χ0) is 14.9. The topological polar surface area (TPSA) is 3.24 Å². The van der Waals surface area contributed by atoms with Crippen molar-refractivity contribution < 1.29 is 0 Å². The molecule has 0 bridgehead atoms. The monoisotopic (exact) mass is 283 g/mol. The molecule has 1 heterocycles. The van der Waals surface area contributed by atoms with Gasteiger partial charge in [0.25, 0.3) is 0 Å². The fourth-order valence-electron chi connectivity index (χ4n) is 3.82. The Morgan fingerprint density at radius 2 is 1.81 bits per heavy atom. The van der Waals surface area contributed by atoms with E-state index in [4.69, 9.17) is 0 Å². The van der Waals surface area contributed by atoms with Gasteiger partial charge in [-0.3, -0.25) is 0 Å². The molecule has 0 unspecified atom stereocenters. The smallest absolute Gasteiger partial charge is 0.00178 e. The Morgan fingerprint density at radius 3 is 2.52 bits per heavy atom. The average molecular weight is 283 g/mol. The van der Waals surface area contributed by atoms with Crippen molar-refractivity contribution in [2.75, 3.05) is 19.6 Å². The van der Waals surface area contributed by atoms with Gasteiger partial charge in [0.15, 0.2) is 0 Å². The van der Waals surface area contributed by atoms with Gasteiger partial charge in [0.2, 0.25) is 0 Å². The summed E-state index contributed by atoms with van der Waals surface area (Å²) in [6.45, 7) is 10.8. The van der Waals surface area contributed by atoms with Crippen molar-refractivity contribution in [3.05, 3.63) is 41.5 Å². The second-order valence-electron chi connectivity index (χ2n) is 8.13. The summed E-state index contributed by atoms with van der Waals surface area (Å²) in [5, 5.41) is 0. The van der Waals surface area contributed by atoms with Crippen molar-refractivity contribution in [3.63, 3.8) is 0 Å². The van der Waals surface area contributed by atoms with Gasteiger partial charge >= 0.3 is 0 Å². The molecule has 1 saturated heterocycles. The highest BCUT2D eigenvalue weighted by Crippen LogP contribution is 2.43. The van der Waals surface area contributed by atoms with Crippen LogP contribution in [0.25, 0.3) is 6.08 Å². The normalized spacial score (nSPS) is 21.5. The van der Waals surface area contributed by atoms with Crippen LogP contribution in [0.4, 0.5) is 0 Å². The molecule has 3 rings (SSSR count). The number of rotatable bonds is 2. The van der Waals surface area contributed by atoms with Gasteiger partial charge in [0.05, 0.1) is 0 Å². The van der Waals surface area contributed by atoms with E-state index < -0.39 is 0 Å². The molecule has 1 heteroatoms. The molecule has 1 aliphatic heterocycles. The van der Waals surface area contributed by atoms with Crippen molar-refractivity contribution in [3.8, 4) is 0 Å². The first-order chi connectivity index (χ1) is 9.99. The Kier molecular flexibility index (Phi) is 3.96. The van der Waals surface area contributed by atoms with Gasteiger partial charge in [-0.2, -0.15) is 0 Å². The summed E-state index contributed by atoms with van der Waals surface area (Å²) in [6, 6.07) is 9.02. The Balaban J connectivity index is 1.67. The standard InChI is InChI=1S/C20H29N/c1-19(2,3)11-14-21-15-12-20(13-16-21)10-6-8-17-7-4-5-9-18(17)20/h4-9H,10-16H2,1-3H3. The summed E-state index contributed by atoms with van der Waals surface area (Å²) in [4.78, 5) is 2.68. The maximum atomic E-state index is 2.68. The van der Waals surface area contributed by atoms with Crippen LogP contribution in [0.15, 0.2) is 30.3 Å². The number of nitrogens with zero attached hydrogens (tertiary/aromatic N) is 1. The van der Waals surface area contributed by atoms with E-state index in [9.17, 15) is 0 Å². The van der Waals surface area contributed by atoms with Crippen LogP contribution in [0.3, 0.4) is 0 Å². The van der Waals surface area contributed by atoms with Gasteiger partial charge < -0.3 is 4.90 Å². The Hall–Kier alpha value is -1.08. The largest absolute Gasteiger partial charge is 0.303 e. The summed E-state index contributed by atoms with van der Waals surface area (Å²) >= 11 is 0. The third kappa shape index (κ3) is 3.23. The number of fused-ring (bicyclic) bond motifs is 2. The number of piperidine rings is 1. The summed E-state index contributed by atoms with van der Waals surface area (Å²) in [5.74, 6) is 0. The van der Waals surface area contributed by atoms with Crippen molar-refractivity contribution in [2.24, 2.45) is 5.41 Å². The third-order valence-corrected chi connectivity index (χ3v) is 5.33. The molecular weight excluding hydrogens is 254 g/mol. The van der Waals surface area contributed by atoms with Crippen molar-refractivity contribution in [2.45, 2.75) is 51.9 Å². The Bertz CT molecular complexity index is 513. The summed E-state index contributed by atoms with van der Waals surface area (Å²) < 4.78 is 0. The molecule has 0 atom stereocenters. The highest BCUT2D eigenvalue weighted by molar-refractivity contribution is 5.59. The van der Waals surface area contributed by atoms with Gasteiger partial charge in [-0.15, -0.1) is 0 Å². The van der Waals surface area contributed by atoms with E-state index in [-0.39, 0.29) is 0 Å². The van der Waals surface area contributed by atoms with E-state index in [1.54, 1.807) is 5.56 Å². The molecule has 0 aromatic heterocycles. The second-order valence-corrected chi connectivity index (χ2v) is 8.13. The Morgan fingerprint density at radius 1 is 1.10 bits per heavy atom. The maximum absolute atomic E-state index is 2.68. The lowest BCUT2D eigenvalue weighted by atomic mass is 9.67. The summed E-state index contributed by atoms with van der Waals surface area (Å²) in [5.41, 5.74) is 3.92. The molecule has 1 aromatic rings. The molecule has 0 N–H and O–H groups in total. The molecular formula is C20H29N. The van der Waals surface area contributed by atoms with E-state index in [1.165, 1.54) is 50.9 Å². The van der Waals surface area contributed by atoms with Crippen molar-refractivity contribution in [1.82, 2.24) is 4.90 Å².